The van der Waals surface area contributed by atoms with E-state index in [1.807, 2.05) is 48.5 Å². The predicted octanol–water partition coefficient (Wildman–Crippen LogP) is 2.32. The molecule has 0 unspecified atom stereocenters. The summed E-state index contributed by atoms with van der Waals surface area (Å²) in [6.45, 7) is 1.06. The van der Waals surface area contributed by atoms with E-state index in [-0.39, 0.29) is 5.91 Å². The van der Waals surface area contributed by atoms with Crippen molar-refractivity contribution in [2.75, 3.05) is 20.8 Å². The van der Waals surface area contributed by atoms with Crippen LogP contribution in [0.4, 0.5) is 0 Å². The number of ether oxygens (including phenoxy) is 2. The van der Waals surface area contributed by atoms with Crippen LogP contribution in [0.5, 0.6) is 11.5 Å². The Kier molecular flexibility index (Phi) is 6.04. The third-order valence-electron chi connectivity index (χ3n) is 4.11. The highest BCUT2D eigenvalue weighted by atomic mass is 16.5. The quantitative estimate of drug-likeness (QED) is 0.662. The van der Waals surface area contributed by atoms with Crippen molar-refractivity contribution < 1.29 is 14.3 Å². The molecule has 1 amide bonds. The lowest BCUT2D eigenvalue weighted by Gasteiger charge is -2.09. The van der Waals surface area contributed by atoms with Gasteiger partial charge in [0.1, 0.15) is 0 Å². The van der Waals surface area contributed by atoms with E-state index in [2.05, 4.69) is 15.6 Å². The molecule has 0 spiro atoms. The van der Waals surface area contributed by atoms with Gasteiger partial charge in [-0.05, 0) is 29.7 Å². The molecule has 0 aliphatic rings. The fraction of sp³-hybridized carbons (Fsp3) is 0.250. The van der Waals surface area contributed by atoms with Gasteiger partial charge in [-0.15, -0.1) is 5.10 Å². The average Bonchev–Trinajstić information content (AvgIpc) is 3.17. The molecule has 2 aromatic carbocycles. The Morgan fingerprint density at radius 1 is 1.04 bits per heavy atom. The van der Waals surface area contributed by atoms with Gasteiger partial charge in [-0.2, -0.15) is 0 Å². The van der Waals surface area contributed by atoms with E-state index in [4.69, 9.17) is 9.47 Å². The Labute approximate surface area is 157 Å². The Balaban J connectivity index is 1.52. The van der Waals surface area contributed by atoms with E-state index in [0.717, 1.165) is 11.1 Å². The summed E-state index contributed by atoms with van der Waals surface area (Å²) in [5.74, 6) is 1.11. The third-order valence-corrected chi connectivity index (χ3v) is 4.11. The molecule has 0 saturated carbocycles. The van der Waals surface area contributed by atoms with Gasteiger partial charge in [0, 0.05) is 6.54 Å². The lowest BCUT2D eigenvalue weighted by atomic mass is 10.1. The van der Waals surface area contributed by atoms with E-state index in [1.165, 1.54) is 0 Å². The molecule has 1 heterocycles. The monoisotopic (exact) mass is 366 g/mol. The Morgan fingerprint density at radius 3 is 2.56 bits per heavy atom. The number of rotatable bonds is 8. The maximum Gasteiger partial charge on any atom is 0.273 e. The van der Waals surface area contributed by atoms with Gasteiger partial charge in [-0.1, -0.05) is 41.6 Å². The Hall–Kier alpha value is -3.35. The number of nitrogens with zero attached hydrogens (tertiary/aromatic N) is 3. The highest BCUT2D eigenvalue weighted by Gasteiger charge is 2.11. The molecule has 1 N–H and O–H groups in total. The molecule has 3 rings (SSSR count). The highest BCUT2D eigenvalue weighted by molar-refractivity contribution is 5.91. The summed E-state index contributed by atoms with van der Waals surface area (Å²) >= 11 is 0. The van der Waals surface area contributed by atoms with Gasteiger partial charge in [-0.3, -0.25) is 4.79 Å². The van der Waals surface area contributed by atoms with Crippen molar-refractivity contribution in [2.45, 2.75) is 13.0 Å². The first-order chi connectivity index (χ1) is 13.2. The minimum absolute atomic E-state index is 0.241. The van der Waals surface area contributed by atoms with Crippen LogP contribution < -0.4 is 14.8 Å². The number of aromatic nitrogens is 3. The summed E-state index contributed by atoms with van der Waals surface area (Å²) in [6, 6.07) is 15.6. The number of methoxy groups -OCH3 is 2. The van der Waals surface area contributed by atoms with Crippen LogP contribution in [0.25, 0.3) is 0 Å². The second-order valence-corrected chi connectivity index (χ2v) is 5.98. The van der Waals surface area contributed by atoms with Crippen LogP contribution in [0, 0.1) is 0 Å². The predicted molar refractivity (Wildman–Crippen MR) is 101 cm³/mol. The summed E-state index contributed by atoms with van der Waals surface area (Å²) in [6.07, 6.45) is 2.32. The molecule has 0 bridgehead atoms. The van der Waals surface area contributed by atoms with E-state index >= 15 is 0 Å². The van der Waals surface area contributed by atoms with Crippen molar-refractivity contribution in [3.8, 4) is 11.5 Å². The average molecular weight is 366 g/mol. The van der Waals surface area contributed by atoms with E-state index in [0.29, 0.717) is 36.7 Å². The number of nitrogens with one attached hydrogen (secondary N) is 1. The molecule has 3 aromatic rings. The smallest absolute Gasteiger partial charge is 0.273 e. The molecule has 27 heavy (non-hydrogen) atoms. The van der Waals surface area contributed by atoms with Crippen molar-refractivity contribution in [1.82, 2.24) is 20.3 Å². The molecule has 0 atom stereocenters. The fourth-order valence-corrected chi connectivity index (χ4v) is 2.70. The van der Waals surface area contributed by atoms with Crippen LogP contribution >= 0.6 is 0 Å². The molecule has 0 aliphatic heterocycles. The van der Waals surface area contributed by atoms with Crippen molar-refractivity contribution in [3.63, 3.8) is 0 Å². The SMILES string of the molecule is COc1ccc(CCNC(=O)c2cn(Cc3ccccc3)nn2)cc1OC. The normalized spacial score (nSPS) is 10.4. The number of hydrogen-bond donors (Lipinski definition) is 1. The largest absolute Gasteiger partial charge is 0.493 e. The van der Waals surface area contributed by atoms with E-state index in [9.17, 15) is 4.79 Å². The summed E-state index contributed by atoms with van der Waals surface area (Å²) in [5.41, 5.74) is 2.45. The van der Waals surface area contributed by atoms with Gasteiger partial charge in [0.2, 0.25) is 0 Å². The highest BCUT2D eigenvalue weighted by Crippen LogP contribution is 2.27. The number of amides is 1. The lowest BCUT2D eigenvalue weighted by Crippen LogP contribution is -2.26. The molecular formula is C20H22N4O3. The number of carbonyl (C=O) groups excluding carboxylic acids is 1. The van der Waals surface area contributed by atoms with Gasteiger partial charge in [0.25, 0.3) is 5.91 Å². The molecule has 0 fully saturated rings. The Morgan fingerprint density at radius 2 is 1.81 bits per heavy atom. The number of carbonyl (C=O) groups is 1. The maximum absolute atomic E-state index is 12.3. The summed E-state index contributed by atoms with van der Waals surface area (Å²) < 4.78 is 12.2. The first-order valence-electron chi connectivity index (χ1n) is 8.62. The lowest BCUT2D eigenvalue weighted by molar-refractivity contribution is 0.0949. The molecule has 0 saturated heterocycles. The van der Waals surface area contributed by atoms with Crippen LogP contribution in [0.2, 0.25) is 0 Å². The first-order valence-corrected chi connectivity index (χ1v) is 8.62. The van der Waals surface area contributed by atoms with Crippen LogP contribution in [0.1, 0.15) is 21.6 Å². The molecule has 1 aromatic heterocycles. The standard InChI is InChI=1S/C20H22N4O3/c1-26-18-9-8-15(12-19(18)27-2)10-11-21-20(25)17-14-24(23-22-17)13-16-6-4-3-5-7-16/h3-9,12,14H,10-11,13H2,1-2H3,(H,21,25). The van der Waals surface area contributed by atoms with Gasteiger partial charge < -0.3 is 14.8 Å². The zero-order valence-corrected chi connectivity index (χ0v) is 15.4. The van der Waals surface area contributed by atoms with Crippen molar-refractivity contribution in [2.24, 2.45) is 0 Å². The first kappa shape index (κ1) is 18.4. The molecule has 140 valence electrons. The maximum atomic E-state index is 12.3. The topological polar surface area (TPSA) is 78.3 Å². The minimum atomic E-state index is -0.241. The van der Waals surface area contributed by atoms with Gasteiger partial charge in [0.15, 0.2) is 17.2 Å². The zero-order chi connectivity index (χ0) is 19.1. The summed E-state index contributed by atoms with van der Waals surface area (Å²) in [7, 11) is 3.20. The summed E-state index contributed by atoms with van der Waals surface area (Å²) in [5, 5.41) is 10.8. The molecule has 0 aliphatic carbocycles. The van der Waals surface area contributed by atoms with E-state index in [1.54, 1.807) is 25.1 Å². The second kappa shape index (κ2) is 8.84. The second-order valence-electron chi connectivity index (χ2n) is 5.98. The molecule has 7 heteroatoms. The fourth-order valence-electron chi connectivity index (χ4n) is 2.70. The third kappa shape index (κ3) is 4.84. The van der Waals surface area contributed by atoms with Gasteiger partial charge in [0.05, 0.1) is 27.0 Å². The van der Waals surface area contributed by atoms with Crippen molar-refractivity contribution in [1.29, 1.82) is 0 Å². The summed E-state index contributed by atoms with van der Waals surface area (Å²) in [4.78, 5) is 12.3. The molecule has 0 radical (unpaired) electrons. The number of hydrogen-bond acceptors (Lipinski definition) is 5. The zero-order valence-electron chi connectivity index (χ0n) is 15.4. The van der Waals surface area contributed by atoms with Gasteiger partial charge in [-0.25, -0.2) is 4.68 Å². The van der Waals surface area contributed by atoms with E-state index < -0.39 is 0 Å². The van der Waals surface area contributed by atoms with Crippen LogP contribution in [0.15, 0.2) is 54.7 Å². The minimum Gasteiger partial charge on any atom is -0.493 e. The van der Waals surface area contributed by atoms with Crippen LogP contribution in [-0.4, -0.2) is 41.7 Å². The van der Waals surface area contributed by atoms with Crippen molar-refractivity contribution in [3.05, 3.63) is 71.5 Å². The van der Waals surface area contributed by atoms with Gasteiger partial charge >= 0.3 is 0 Å². The van der Waals surface area contributed by atoms with Crippen LogP contribution in [0.3, 0.4) is 0 Å². The molecular weight excluding hydrogens is 344 g/mol. The molecule has 7 nitrogen and oxygen atoms in total. The number of benzene rings is 2. The Bertz CT molecular complexity index is 893. The van der Waals surface area contributed by atoms with Crippen LogP contribution in [-0.2, 0) is 13.0 Å². The van der Waals surface area contributed by atoms with Crippen molar-refractivity contribution >= 4 is 5.91 Å².